The normalized spacial score (nSPS) is 14.3. The van der Waals surface area contributed by atoms with E-state index >= 15 is 0 Å². The third-order valence-electron chi connectivity index (χ3n) is 5.36. The van der Waals surface area contributed by atoms with Crippen LogP contribution < -0.4 is 5.32 Å². The zero-order chi connectivity index (χ0) is 20.0. The second-order valence-corrected chi connectivity index (χ2v) is 7.91. The first-order valence-electron chi connectivity index (χ1n) is 9.48. The molecule has 0 saturated carbocycles. The van der Waals surface area contributed by atoms with Gasteiger partial charge in [-0.3, -0.25) is 4.79 Å². The highest BCUT2D eigenvalue weighted by molar-refractivity contribution is 6.08. The summed E-state index contributed by atoms with van der Waals surface area (Å²) in [5, 5.41) is 7.10. The first-order valence-corrected chi connectivity index (χ1v) is 9.48. The Kier molecular flexibility index (Phi) is 3.87. The molecule has 4 heterocycles. The van der Waals surface area contributed by atoms with E-state index < -0.39 is 0 Å². The van der Waals surface area contributed by atoms with Gasteiger partial charge in [0, 0.05) is 41.9 Å². The van der Waals surface area contributed by atoms with Crippen molar-refractivity contribution in [2.45, 2.75) is 32.4 Å². The van der Waals surface area contributed by atoms with Crippen LogP contribution in [0, 0.1) is 0 Å². The van der Waals surface area contributed by atoms with Crippen LogP contribution >= 0.6 is 0 Å². The number of anilines is 1. The molecule has 0 radical (unpaired) electrons. The maximum atomic E-state index is 13.0. The number of rotatable bonds is 4. The monoisotopic (exact) mass is 387 g/mol. The predicted molar refractivity (Wildman–Crippen MR) is 109 cm³/mol. The molecule has 3 aromatic heterocycles. The van der Waals surface area contributed by atoms with Crippen LogP contribution in [-0.2, 0) is 18.5 Å². The van der Waals surface area contributed by atoms with E-state index in [1.807, 2.05) is 30.5 Å². The summed E-state index contributed by atoms with van der Waals surface area (Å²) in [5.41, 5.74) is 4.27. The van der Waals surface area contributed by atoms with Gasteiger partial charge in [0.25, 0.3) is 5.91 Å². The van der Waals surface area contributed by atoms with Crippen molar-refractivity contribution >= 4 is 11.6 Å². The Morgan fingerprint density at radius 3 is 2.86 bits per heavy atom. The maximum absolute atomic E-state index is 13.0. The Bertz CT molecular complexity index is 1170. The van der Waals surface area contributed by atoms with E-state index in [9.17, 15) is 4.79 Å². The molecule has 0 spiro atoms. The summed E-state index contributed by atoms with van der Waals surface area (Å²) >= 11 is 0. The van der Waals surface area contributed by atoms with Crippen molar-refractivity contribution in [2.75, 3.05) is 5.32 Å². The molecular weight excluding hydrogens is 366 g/mol. The Morgan fingerprint density at radius 1 is 1.28 bits per heavy atom. The molecule has 0 saturated heterocycles. The zero-order valence-electron chi connectivity index (χ0n) is 16.3. The lowest BCUT2D eigenvalue weighted by atomic mass is 9.90. The van der Waals surface area contributed by atoms with E-state index in [2.05, 4.69) is 43.8 Å². The third-order valence-corrected chi connectivity index (χ3v) is 5.36. The Balaban J connectivity index is 1.38. The van der Waals surface area contributed by atoms with Gasteiger partial charge in [0.15, 0.2) is 0 Å². The number of carbonyl (C=O) groups is 1. The molecule has 0 unspecified atom stereocenters. The molecule has 0 fully saturated rings. The van der Waals surface area contributed by atoms with Gasteiger partial charge in [-0.25, -0.2) is 14.6 Å². The third kappa shape index (κ3) is 3.02. The summed E-state index contributed by atoms with van der Waals surface area (Å²) in [4.78, 5) is 24.7. The van der Waals surface area contributed by atoms with E-state index in [-0.39, 0.29) is 11.4 Å². The smallest absolute Gasteiger partial charge is 0.257 e. The first-order chi connectivity index (χ1) is 14.0. The van der Waals surface area contributed by atoms with Crippen molar-refractivity contribution in [1.82, 2.24) is 29.3 Å². The Labute approximate surface area is 167 Å². The minimum Gasteiger partial charge on any atom is -0.364 e. The molecule has 146 valence electrons. The molecule has 0 bridgehead atoms. The minimum absolute atomic E-state index is 0.0860. The van der Waals surface area contributed by atoms with Crippen LogP contribution in [0.3, 0.4) is 0 Å². The maximum Gasteiger partial charge on any atom is 0.257 e. The lowest BCUT2D eigenvalue weighted by Crippen LogP contribution is -2.33. The Hall–Kier alpha value is -3.68. The molecule has 8 nitrogen and oxygen atoms in total. The highest BCUT2D eigenvalue weighted by Crippen LogP contribution is 2.38. The number of imidazole rings is 1. The molecule has 1 amide bonds. The molecule has 1 aliphatic rings. The number of aromatic amines is 1. The standard InChI is InChI=1S/C21H21N7O/c1-21(2)9-17-18(19-23-7-8-28(19)21)16(10-24-17)20(29)26-15-5-3-14(4-6-15)11-27-13-22-12-25-27/h3-8,10,12-13,24H,9,11H2,1-2H3,(H,26,29). The van der Waals surface area contributed by atoms with Crippen molar-refractivity contribution in [3.8, 4) is 11.4 Å². The molecule has 4 aromatic rings. The molecule has 0 atom stereocenters. The lowest BCUT2D eigenvalue weighted by molar-refractivity contribution is 0.102. The highest BCUT2D eigenvalue weighted by atomic mass is 16.1. The summed E-state index contributed by atoms with van der Waals surface area (Å²) in [6.45, 7) is 4.98. The minimum atomic E-state index is -0.152. The van der Waals surface area contributed by atoms with Crippen LogP contribution in [0.5, 0.6) is 0 Å². The summed E-state index contributed by atoms with van der Waals surface area (Å²) in [6, 6.07) is 7.73. The number of hydrogen-bond donors (Lipinski definition) is 2. The van der Waals surface area contributed by atoms with Gasteiger partial charge < -0.3 is 14.9 Å². The van der Waals surface area contributed by atoms with Gasteiger partial charge in [-0.1, -0.05) is 12.1 Å². The number of nitrogens with zero attached hydrogens (tertiary/aromatic N) is 5. The van der Waals surface area contributed by atoms with Gasteiger partial charge in [0.2, 0.25) is 0 Å². The van der Waals surface area contributed by atoms with Crippen molar-refractivity contribution < 1.29 is 4.79 Å². The van der Waals surface area contributed by atoms with Crippen LogP contribution in [0.2, 0.25) is 0 Å². The highest BCUT2D eigenvalue weighted by Gasteiger charge is 2.34. The Morgan fingerprint density at radius 2 is 2.10 bits per heavy atom. The van der Waals surface area contributed by atoms with Crippen LogP contribution in [0.1, 0.15) is 35.5 Å². The van der Waals surface area contributed by atoms with Crippen molar-refractivity contribution in [3.05, 3.63) is 72.3 Å². The second-order valence-electron chi connectivity index (χ2n) is 7.91. The van der Waals surface area contributed by atoms with Crippen molar-refractivity contribution in [2.24, 2.45) is 0 Å². The van der Waals surface area contributed by atoms with Crippen LogP contribution in [-0.4, -0.2) is 35.2 Å². The number of carbonyl (C=O) groups excluding carboxylic acids is 1. The van der Waals surface area contributed by atoms with Gasteiger partial charge >= 0.3 is 0 Å². The number of benzene rings is 1. The fraction of sp³-hybridized carbons (Fsp3) is 0.238. The molecule has 29 heavy (non-hydrogen) atoms. The SMILES string of the molecule is CC1(C)Cc2[nH]cc(C(=O)Nc3ccc(Cn4cncn4)cc3)c2-c2nccn21. The molecular formula is C21H21N7O. The molecule has 8 heteroatoms. The predicted octanol–water partition coefficient (Wildman–Crippen LogP) is 3.06. The van der Waals surface area contributed by atoms with Gasteiger partial charge in [-0.15, -0.1) is 0 Å². The van der Waals surface area contributed by atoms with Crippen LogP contribution in [0.15, 0.2) is 55.5 Å². The topological polar surface area (TPSA) is 93.4 Å². The summed E-state index contributed by atoms with van der Waals surface area (Å²) in [6.07, 6.45) is 9.54. The summed E-state index contributed by atoms with van der Waals surface area (Å²) in [5.74, 6) is 0.673. The molecule has 1 aliphatic heterocycles. The number of nitrogens with one attached hydrogen (secondary N) is 2. The van der Waals surface area contributed by atoms with Gasteiger partial charge in [0.05, 0.1) is 17.7 Å². The number of hydrogen-bond acceptors (Lipinski definition) is 4. The summed E-state index contributed by atoms with van der Waals surface area (Å²) in [7, 11) is 0. The van der Waals surface area contributed by atoms with E-state index in [0.717, 1.165) is 34.8 Å². The fourth-order valence-corrected chi connectivity index (χ4v) is 3.93. The summed E-state index contributed by atoms with van der Waals surface area (Å²) < 4.78 is 3.89. The average Bonchev–Trinajstić information content (AvgIpc) is 3.42. The van der Waals surface area contributed by atoms with E-state index in [0.29, 0.717) is 12.1 Å². The van der Waals surface area contributed by atoms with Gasteiger partial charge in [-0.2, -0.15) is 5.10 Å². The van der Waals surface area contributed by atoms with Crippen LogP contribution in [0.25, 0.3) is 11.4 Å². The lowest BCUT2D eigenvalue weighted by Gasteiger charge is -2.32. The number of fused-ring (bicyclic) bond motifs is 3. The molecule has 0 aliphatic carbocycles. The molecule has 2 N–H and O–H groups in total. The van der Waals surface area contributed by atoms with Crippen molar-refractivity contribution in [1.29, 1.82) is 0 Å². The van der Waals surface area contributed by atoms with Crippen LogP contribution in [0.4, 0.5) is 5.69 Å². The number of aromatic nitrogens is 6. The zero-order valence-corrected chi connectivity index (χ0v) is 16.3. The first kappa shape index (κ1) is 17.4. The second kappa shape index (κ2) is 6.44. The van der Waals surface area contributed by atoms with Gasteiger partial charge in [-0.05, 0) is 31.5 Å². The van der Waals surface area contributed by atoms with E-state index in [1.54, 1.807) is 23.4 Å². The number of H-pyrrole nitrogens is 1. The number of amides is 1. The fourth-order valence-electron chi connectivity index (χ4n) is 3.93. The largest absolute Gasteiger partial charge is 0.364 e. The van der Waals surface area contributed by atoms with E-state index in [1.165, 1.54) is 6.33 Å². The van der Waals surface area contributed by atoms with E-state index in [4.69, 9.17) is 0 Å². The molecule has 1 aromatic carbocycles. The van der Waals surface area contributed by atoms with Crippen molar-refractivity contribution in [3.63, 3.8) is 0 Å². The average molecular weight is 387 g/mol. The van der Waals surface area contributed by atoms with Gasteiger partial charge in [0.1, 0.15) is 18.5 Å². The quantitative estimate of drug-likeness (QED) is 0.563. The molecule has 5 rings (SSSR count).